The van der Waals surface area contributed by atoms with Gasteiger partial charge in [-0.2, -0.15) is 9.99 Å². The maximum atomic E-state index is 13.2. The van der Waals surface area contributed by atoms with Crippen molar-refractivity contribution in [2.45, 2.75) is 19.4 Å². The Hall–Kier alpha value is -5.27. The molecule has 0 aliphatic heterocycles. The number of para-hydroxylation sites is 1. The number of ketones is 1. The van der Waals surface area contributed by atoms with Crippen LogP contribution in [0.25, 0.3) is 11.4 Å². The number of nitrogens with two attached hydrogens (primary N) is 1. The van der Waals surface area contributed by atoms with Crippen LogP contribution in [0.3, 0.4) is 0 Å². The number of carbonyl (C=O) groups excluding carboxylic acids is 2. The number of nitriles is 1. The fraction of sp³-hybridized carbons (Fsp3) is 0.107. The molecule has 1 amide bonds. The molecule has 0 saturated heterocycles. The van der Waals surface area contributed by atoms with Crippen LogP contribution in [0.2, 0.25) is 0 Å². The van der Waals surface area contributed by atoms with Crippen LogP contribution in [0.15, 0.2) is 72.8 Å². The number of Topliss-reactive ketones (excluding diaryl/α,β-unsaturated/α-hetero) is 1. The molecule has 1 atom stereocenters. The number of rotatable bonds is 8. The number of imidazole rings is 1. The third-order valence-electron chi connectivity index (χ3n) is 5.99. The predicted molar refractivity (Wildman–Crippen MR) is 138 cm³/mol. The number of aryl methyl sites for hydroxylation is 1. The number of aromatic nitrogens is 2. The summed E-state index contributed by atoms with van der Waals surface area (Å²) in [6.07, 6.45) is 0.0914. The van der Waals surface area contributed by atoms with Crippen molar-refractivity contribution >= 4 is 23.3 Å². The molecule has 3 aromatic carbocycles. The predicted octanol–water partition coefficient (Wildman–Crippen LogP) is 3.67. The second-order valence-corrected chi connectivity index (χ2v) is 8.51. The minimum atomic E-state index is -1.10. The molecule has 1 heterocycles. The summed E-state index contributed by atoms with van der Waals surface area (Å²) in [5.41, 5.74) is 8.29. The van der Waals surface area contributed by atoms with Gasteiger partial charge in [0.15, 0.2) is 17.3 Å². The second-order valence-electron chi connectivity index (χ2n) is 8.51. The Morgan fingerprint density at radius 3 is 2.34 bits per heavy atom. The molecule has 4 rings (SSSR count). The molecule has 0 bridgehead atoms. The molecule has 0 aliphatic rings. The third kappa shape index (κ3) is 5.13. The summed E-state index contributed by atoms with van der Waals surface area (Å²) in [4.78, 5) is 41.4. The summed E-state index contributed by atoms with van der Waals surface area (Å²) >= 11 is 0. The van der Waals surface area contributed by atoms with Gasteiger partial charge in [0.1, 0.15) is 0 Å². The summed E-state index contributed by atoms with van der Waals surface area (Å²) in [5.74, 6) is -2.07. The summed E-state index contributed by atoms with van der Waals surface area (Å²) in [7, 11) is 0. The van der Waals surface area contributed by atoms with E-state index in [-0.39, 0.29) is 40.5 Å². The van der Waals surface area contributed by atoms with E-state index in [1.54, 1.807) is 55.5 Å². The molecule has 1 aromatic heterocycles. The van der Waals surface area contributed by atoms with Crippen molar-refractivity contribution in [3.63, 3.8) is 0 Å². The Morgan fingerprint density at radius 1 is 1.03 bits per heavy atom. The van der Waals surface area contributed by atoms with Crippen molar-refractivity contribution < 1.29 is 24.7 Å². The van der Waals surface area contributed by atoms with Crippen molar-refractivity contribution in [1.82, 2.24) is 9.71 Å². The molecule has 0 radical (unpaired) electrons. The highest BCUT2D eigenvalue weighted by molar-refractivity contribution is 6.05. The monoisotopic (exact) mass is 509 g/mol. The first-order valence-electron chi connectivity index (χ1n) is 11.5. The molecule has 0 saturated carbocycles. The van der Waals surface area contributed by atoms with Crippen LogP contribution in [0.4, 0.5) is 5.69 Å². The number of carbonyl (C=O) groups is 3. The summed E-state index contributed by atoms with van der Waals surface area (Å²) in [6.45, 7) is 1.57. The molecule has 190 valence electrons. The lowest BCUT2D eigenvalue weighted by Crippen LogP contribution is -2.33. The second kappa shape index (κ2) is 10.8. The van der Waals surface area contributed by atoms with E-state index in [1.807, 2.05) is 6.07 Å². The first kappa shape index (κ1) is 25.8. The van der Waals surface area contributed by atoms with Crippen molar-refractivity contribution in [1.29, 1.82) is 5.26 Å². The first-order valence-corrected chi connectivity index (χ1v) is 11.5. The molecule has 10 nitrogen and oxygen atoms in total. The number of carboxylic acids is 1. The lowest BCUT2D eigenvalue weighted by Gasteiger charge is -2.15. The number of amides is 1. The standard InChI is InChI=1S/C28H23N5O5/c1-16-24(33(38)26(31-16)21-8-4-2-7-20(21)15-29)27(35)32-23-9-5-3-6-19(23)14-22(30)25(34)17-10-12-18(13-11-17)28(36)37/h2-13,22,38H,14,30H2,1H3,(H,32,35)(H,36,37). The van der Waals surface area contributed by atoms with Gasteiger partial charge in [-0.3, -0.25) is 9.59 Å². The fourth-order valence-electron chi connectivity index (χ4n) is 4.05. The number of benzene rings is 3. The van der Waals surface area contributed by atoms with Gasteiger partial charge in [-0.05, 0) is 49.2 Å². The molecular weight excluding hydrogens is 486 g/mol. The van der Waals surface area contributed by atoms with Gasteiger partial charge in [0.25, 0.3) is 5.91 Å². The van der Waals surface area contributed by atoms with Crippen LogP contribution in [-0.2, 0) is 6.42 Å². The van der Waals surface area contributed by atoms with E-state index >= 15 is 0 Å². The fourth-order valence-corrected chi connectivity index (χ4v) is 4.05. The molecular formula is C28H23N5O5. The molecule has 4 aromatic rings. The number of aromatic carboxylic acids is 1. The number of anilines is 1. The quantitative estimate of drug-likeness (QED) is 0.206. The Labute approximate surface area is 217 Å². The zero-order chi connectivity index (χ0) is 27.4. The molecule has 5 N–H and O–H groups in total. The SMILES string of the molecule is Cc1nc(-c2ccccc2C#N)n(O)c1C(=O)Nc1ccccc1CC(N)C(=O)c1ccc(C(=O)O)cc1. The van der Waals surface area contributed by atoms with Crippen LogP contribution in [0.1, 0.15) is 48.0 Å². The van der Waals surface area contributed by atoms with E-state index < -0.39 is 17.9 Å². The highest BCUT2D eigenvalue weighted by Crippen LogP contribution is 2.26. The van der Waals surface area contributed by atoms with Crippen LogP contribution in [0.5, 0.6) is 0 Å². The van der Waals surface area contributed by atoms with E-state index in [0.717, 1.165) is 0 Å². The minimum absolute atomic E-state index is 0.0552. The molecule has 0 aliphatic carbocycles. The zero-order valence-corrected chi connectivity index (χ0v) is 20.3. The Balaban J connectivity index is 1.56. The minimum Gasteiger partial charge on any atom is -0.478 e. The Bertz CT molecular complexity index is 1580. The summed E-state index contributed by atoms with van der Waals surface area (Å²) in [5, 5.41) is 32.0. The lowest BCUT2D eigenvalue weighted by atomic mass is 9.96. The van der Waals surface area contributed by atoms with Crippen molar-refractivity contribution in [3.05, 3.63) is 106 Å². The van der Waals surface area contributed by atoms with Gasteiger partial charge in [0, 0.05) is 16.8 Å². The molecule has 1 unspecified atom stereocenters. The molecule has 0 fully saturated rings. The van der Waals surface area contributed by atoms with Crippen molar-refractivity contribution in [3.8, 4) is 17.5 Å². The molecule has 10 heteroatoms. The number of hydrogen-bond acceptors (Lipinski definition) is 7. The van der Waals surface area contributed by atoms with Gasteiger partial charge in [-0.25, -0.2) is 9.78 Å². The summed E-state index contributed by atoms with van der Waals surface area (Å²) in [6, 6.07) is 20.0. The van der Waals surface area contributed by atoms with E-state index in [2.05, 4.69) is 10.3 Å². The van der Waals surface area contributed by atoms with Gasteiger partial charge in [-0.1, -0.05) is 42.5 Å². The number of nitrogens with one attached hydrogen (secondary N) is 1. The van der Waals surface area contributed by atoms with Crippen LogP contribution in [-0.4, -0.2) is 43.7 Å². The Kier molecular flexibility index (Phi) is 7.32. The van der Waals surface area contributed by atoms with Crippen LogP contribution in [0, 0.1) is 18.3 Å². The first-order chi connectivity index (χ1) is 18.2. The smallest absolute Gasteiger partial charge is 0.335 e. The van der Waals surface area contributed by atoms with Gasteiger partial charge >= 0.3 is 5.97 Å². The van der Waals surface area contributed by atoms with Crippen LogP contribution >= 0.6 is 0 Å². The lowest BCUT2D eigenvalue weighted by molar-refractivity contribution is 0.0696. The van der Waals surface area contributed by atoms with Gasteiger partial charge in [0.05, 0.1) is 28.9 Å². The number of nitrogens with zero attached hydrogens (tertiary/aromatic N) is 3. The summed E-state index contributed by atoms with van der Waals surface area (Å²) < 4.78 is 0.652. The average Bonchev–Trinajstić information content (AvgIpc) is 3.22. The van der Waals surface area contributed by atoms with Gasteiger partial charge in [-0.15, -0.1) is 0 Å². The van der Waals surface area contributed by atoms with E-state index in [1.165, 1.54) is 24.3 Å². The maximum Gasteiger partial charge on any atom is 0.335 e. The Morgan fingerprint density at radius 2 is 1.66 bits per heavy atom. The van der Waals surface area contributed by atoms with Crippen LogP contribution < -0.4 is 11.1 Å². The number of hydrogen-bond donors (Lipinski definition) is 4. The van der Waals surface area contributed by atoms with Gasteiger partial charge in [0.2, 0.25) is 0 Å². The largest absolute Gasteiger partial charge is 0.478 e. The van der Waals surface area contributed by atoms with E-state index in [9.17, 15) is 24.9 Å². The third-order valence-corrected chi connectivity index (χ3v) is 5.99. The topological polar surface area (TPSA) is 171 Å². The normalized spacial score (nSPS) is 11.4. The van der Waals surface area contributed by atoms with E-state index in [0.29, 0.717) is 27.1 Å². The maximum absolute atomic E-state index is 13.2. The van der Waals surface area contributed by atoms with Crippen molar-refractivity contribution in [2.75, 3.05) is 5.32 Å². The van der Waals surface area contributed by atoms with Gasteiger partial charge < -0.3 is 21.4 Å². The van der Waals surface area contributed by atoms with Crippen molar-refractivity contribution in [2.24, 2.45) is 5.73 Å². The number of carboxylic acid groups (broad SMARTS) is 1. The molecule has 0 spiro atoms. The molecule has 38 heavy (non-hydrogen) atoms. The highest BCUT2D eigenvalue weighted by Gasteiger charge is 2.24. The van der Waals surface area contributed by atoms with E-state index in [4.69, 9.17) is 10.8 Å². The highest BCUT2D eigenvalue weighted by atomic mass is 16.5. The zero-order valence-electron chi connectivity index (χ0n) is 20.3. The average molecular weight is 510 g/mol.